The smallest absolute Gasteiger partial charge is 0.278 e. The van der Waals surface area contributed by atoms with Crippen LogP contribution in [-0.4, -0.2) is 9.38 Å². The number of nitrogens with zero attached hydrogens (tertiary/aromatic N) is 4. The van der Waals surface area contributed by atoms with Crippen molar-refractivity contribution in [2.24, 2.45) is 0 Å². The van der Waals surface area contributed by atoms with E-state index in [0.717, 1.165) is 5.56 Å². The predicted octanol–water partition coefficient (Wildman–Crippen LogP) is 1.54. The summed E-state index contributed by atoms with van der Waals surface area (Å²) in [5.74, 6) is 0.899. The quantitative estimate of drug-likeness (QED) is 0.443. The van der Waals surface area contributed by atoms with Crippen molar-refractivity contribution in [1.29, 1.82) is 5.26 Å². The average molecular weight is 332 g/mol. The minimum Gasteiger partial charge on any atom is -0.466 e. The van der Waals surface area contributed by atoms with Crippen molar-refractivity contribution in [3.63, 3.8) is 0 Å². The van der Waals surface area contributed by atoms with Crippen molar-refractivity contribution >= 4 is 22.5 Å². The maximum atomic E-state index is 12.9. The van der Waals surface area contributed by atoms with Gasteiger partial charge in [-0.15, -0.1) is 0 Å². The molecule has 0 aromatic carbocycles. The number of pyridine rings is 2. The minimum atomic E-state index is -0.242. The zero-order valence-electron chi connectivity index (χ0n) is 13.4. The highest BCUT2D eigenvalue weighted by Crippen LogP contribution is 2.15. The lowest BCUT2D eigenvalue weighted by atomic mass is 10.2. The summed E-state index contributed by atoms with van der Waals surface area (Å²) in [5.41, 5.74) is 7.99. The Hall–Kier alpha value is -3.66. The highest BCUT2D eigenvalue weighted by molar-refractivity contribution is 5.77. The van der Waals surface area contributed by atoms with Gasteiger partial charge in [0.15, 0.2) is 0 Å². The molecule has 0 aliphatic rings. The summed E-state index contributed by atoms with van der Waals surface area (Å²) in [4.78, 5) is 17.6. The van der Waals surface area contributed by atoms with E-state index in [4.69, 9.17) is 10.2 Å². The van der Waals surface area contributed by atoms with Crippen LogP contribution in [0.4, 0.5) is 5.82 Å². The Morgan fingerprint density at radius 3 is 2.96 bits per heavy atom. The number of hydrogen-bond donors (Lipinski definition) is 1. The molecule has 0 aliphatic heterocycles. The molecule has 0 aliphatic carbocycles. The number of hydrogen-bond acceptors (Lipinski definition) is 5. The molecule has 7 heteroatoms. The van der Waals surface area contributed by atoms with E-state index >= 15 is 0 Å². The molecule has 0 unspecified atom stereocenters. The number of fused-ring (bicyclic) bond motifs is 2. The molecule has 0 saturated heterocycles. The number of furan rings is 1. The number of nitrogen functional groups attached to an aromatic ring is 1. The molecule has 0 radical (unpaired) electrons. The van der Waals surface area contributed by atoms with Crippen molar-refractivity contribution in [3.8, 4) is 6.07 Å². The lowest BCUT2D eigenvalue weighted by molar-refractivity contribution is -0.651. The maximum absolute atomic E-state index is 12.9. The zero-order chi connectivity index (χ0) is 17.6. The van der Waals surface area contributed by atoms with Crippen LogP contribution in [0, 0.1) is 18.3 Å². The second-order valence-corrected chi connectivity index (χ2v) is 5.76. The van der Waals surface area contributed by atoms with Gasteiger partial charge in [0.2, 0.25) is 11.5 Å². The van der Waals surface area contributed by atoms with E-state index in [1.807, 2.05) is 19.1 Å². The molecular weight excluding hydrogens is 318 g/mol. The van der Waals surface area contributed by atoms with Crippen molar-refractivity contribution in [2.45, 2.75) is 13.5 Å². The van der Waals surface area contributed by atoms with Gasteiger partial charge in [-0.05, 0) is 31.2 Å². The van der Waals surface area contributed by atoms with Crippen molar-refractivity contribution in [2.75, 3.05) is 5.73 Å². The van der Waals surface area contributed by atoms with Gasteiger partial charge in [0.1, 0.15) is 29.3 Å². The second-order valence-electron chi connectivity index (χ2n) is 5.76. The Bertz CT molecular complexity index is 1220. The predicted molar refractivity (Wildman–Crippen MR) is 90.8 cm³/mol. The fourth-order valence-electron chi connectivity index (χ4n) is 2.92. The highest BCUT2D eigenvalue weighted by atomic mass is 16.3. The maximum Gasteiger partial charge on any atom is 0.278 e. The van der Waals surface area contributed by atoms with Gasteiger partial charge in [0, 0.05) is 11.8 Å². The summed E-state index contributed by atoms with van der Waals surface area (Å²) >= 11 is 0. The van der Waals surface area contributed by atoms with Gasteiger partial charge in [0.05, 0.1) is 6.26 Å². The van der Waals surface area contributed by atoms with E-state index in [1.54, 1.807) is 35.2 Å². The van der Waals surface area contributed by atoms with E-state index in [2.05, 4.69) is 4.98 Å². The molecule has 0 saturated carbocycles. The number of aromatic nitrogens is 3. The fraction of sp³-hybridized carbons (Fsp3) is 0.111. The molecule has 0 atom stereocenters. The molecule has 0 fully saturated rings. The third-order valence-corrected chi connectivity index (χ3v) is 4.19. The SMILES string of the molecule is Cc1cccn2c(=O)c3cc(C#N)c(N)[n+](Cc4ccco4)c3nc12. The summed E-state index contributed by atoms with van der Waals surface area (Å²) in [6.45, 7) is 2.16. The first-order valence-corrected chi connectivity index (χ1v) is 7.66. The van der Waals surface area contributed by atoms with Crippen LogP contribution in [-0.2, 0) is 6.54 Å². The van der Waals surface area contributed by atoms with Crippen LogP contribution in [0.1, 0.15) is 16.9 Å². The number of rotatable bonds is 2. The molecule has 0 spiro atoms. The first-order chi connectivity index (χ1) is 12.1. The Morgan fingerprint density at radius 2 is 2.24 bits per heavy atom. The molecule has 25 heavy (non-hydrogen) atoms. The molecule has 122 valence electrons. The summed E-state index contributed by atoms with van der Waals surface area (Å²) < 4.78 is 8.50. The summed E-state index contributed by atoms with van der Waals surface area (Å²) in [5, 5.41) is 9.71. The van der Waals surface area contributed by atoms with Crippen LogP contribution in [0.25, 0.3) is 16.7 Å². The third kappa shape index (κ3) is 2.23. The van der Waals surface area contributed by atoms with Crippen LogP contribution in [0.3, 0.4) is 0 Å². The van der Waals surface area contributed by atoms with E-state index in [-0.39, 0.29) is 23.5 Å². The van der Waals surface area contributed by atoms with Crippen LogP contribution in [0.2, 0.25) is 0 Å². The van der Waals surface area contributed by atoms with Crippen LogP contribution < -0.4 is 15.9 Å². The van der Waals surface area contributed by atoms with Gasteiger partial charge < -0.3 is 10.2 Å². The first-order valence-electron chi connectivity index (χ1n) is 7.66. The van der Waals surface area contributed by atoms with Crippen molar-refractivity contribution in [1.82, 2.24) is 9.38 Å². The van der Waals surface area contributed by atoms with Gasteiger partial charge in [-0.3, -0.25) is 9.20 Å². The van der Waals surface area contributed by atoms with Gasteiger partial charge in [-0.2, -0.15) is 5.26 Å². The number of nitriles is 1. The standard InChI is InChI=1S/C18H13N5O2/c1-11-4-2-6-22-16(11)21-17-14(18(22)24)8-12(9-19)15(20)23(17)10-13-5-3-7-25-13/h2-8,20H,10H2,1H3/p+1. The average Bonchev–Trinajstić information content (AvgIpc) is 3.12. The molecule has 0 bridgehead atoms. The summed E-state index contributed by atoms with van der Waals surface area (Å²) in [6.07, 6.45) is 3.22. The van der Waals surface area contributed by atoms with E-state index in [9.17, 15) is 10.1 Å². The zero-order valence-corrected chi connectivity index (χ0v) is 13.4. The monoisotopic (exact) mass is 332 g/mol. The van der Waals surface area contributed by atoms with Crippen molar-refractivity contribution in [3.05, 3.63) is 70.0 Å². The van der Waals surface area contributed by atoms with Gasteiger partial charge in [0.25, 0.3) is 11.2 Å². The van der Waals surface area contributed by atoms with Gasteiger partial charge in [-0.25, -0.2) is 4.57 Å². The lowest BCUT2D eigenvalue weighted by Gasteiger charge is -2.09. The highest BCUT2D eigenvalue weighted by Gasteiger charge is 2.22. The van der Waals surface area contributed by atoms with Crippen molar-refractivity contribution < 1.29 is 8.98 Å². The van der Waals surface area contributed by atoms with E-state index < -0.39 is 0 Å². The summed E-state index contributed by atoms with van der Waals surface area (Å²) in [6, 6.07) is 10.8. The molecule has 4 rings (SSSR count). The molecule has 4 aromatic heterocycles. The molecule has 4 aromatic rings. The fourth-order valence-corrected chi connectivity index (χ4v) is 2.92. The van der Waals surface area contributed by atoms with Gasteiger partial charge >= 0.3 is 0 Å². The minimum absolute atomic E-state index is 0.227. The molecule has 4 heterocycles. The Balaban J connectivity index is 2.16. The molecular formula is C18H14N5O2+. The number of anilines is 1. The van der Waals surface area contributed by atoms with E-state index in [1.165, 1.54) is 10.5 Å². The number of nitrogens with two attached hydrogens (primary N) is 1. The van der Waals surface area contributed by atoms with E-state index in [0.29, 0.717) is 22.4 Å². The van der Waals surface area contributed by atoms with Crippen LogP contribution in [0.5, 0.6) is 0 Å². The van der Waals surface area contributed by atoms with Gasteiger partial charge in [-0.1, -0.05) is 11.1 Å². The number of aryl methyl sites for hydroxylation is 1. The molecule has 0 amide bonds. The topological polar surface area (TPSA) is 101 Å². The normalized spacial score (nSPS) is 11.0. The second kappa shape index (κ2) is 5.46. The Morgan fingerprint density at radius 1 is 1.40 bits per heavy atom. The molecule has 2 N–H and O–H groups in total. The largest absolute Gasteiger partial charge is 0.466 e. The first kappa shape index (κ1) is 14.9. The summed E-state index contributed by atoms with van der Waals surface area (Å²) in [7, 11) is 0. The van der Waals surface area contributed by atoms with Crippen LogP contribution >= 0.6 is 0 Å². The Kier molecular flexibility index (Phi) is 3.25. The molecule has 7 nitrogen and oxygen atoms in total. The lowest BCUT2D eigenvalue weighted by Crippen LogP contribution is -2.41. The third-order valence-electron chi connectivity index (χ3n) is 4.19. The van der Waals surface area contributed by atoms with Crippen LogP contribution in [0.15, 0.2) is 52.0 Å². The Labute approximate surface area is 142 Å².